The third kappa shape index (κ3) is 4.79. The highest BCUT2D eigenvalue weighted by Crippen LogP contribution is 2.31. The van der Waals surface area contributed by atoms with E-state index in [4.69, 9.17) is 9.47 Å². The molecule has 0 aromatic rings. The molecule has 134 valence electrons. The van der Waals surface area contributed by atoms with Gasteiger partial charge in [0.2, 0.25) is 0 Å². The molecule has 0 spiro atoms. The van der Waals surface area contributed by atoms with Crippen LogP contribution >= 0.6 is 0 Å². The summed E-state index contributed by atoms with van der Waals surface area (Å²) in [6.07, 6.45) is -4.02. The largest absolute Gasteiger partial charge is 0.464 e. The van der Waals surface area contributed by atoms with Gasteiger partial charge in [-0.15, -0.1) is 0 Å². The summed E-state index contributed by atoms with van der Waals surface area (Å²) in [7, 11) is 0. The standard InChI is InChI=1S/C15H27NO7/c1-7-21-12(19)11(18)10(17)9-8-22-15(5,6)16(9)13(20)23-14(2,3)4/h9-11,17-18H,7-8H2,1-6H3/t9-,10+,11+/m0/s1. The van der Waals surface area contributed by atoms with Crippen LogP contribution in [0.25, 0.3) is 0 Å². The third-order valence-corrected chi connectivity index (χ3v) is 3.36. The Morgan fingerprint density at radius 1 is 1.35 bits per heavy atom. The fourth-order valence-corrected chi connectivity index (χ4v) is 2.33. The maximum absolute atomic E-state index is 12.4. The predicted molar refractivity (Wildman–Crippen MR) is 80.5 cm³/mol. The Hall–Kier alpha value is -1.38. The van der Waals surface area contributed by atoms with Crippen LogP contribution in [0.5, 0.6) is 0 Å². The zero-order valence-electron chi connectivity index (χ0n) is 14.5. The van der Waals surface area contributed by atoms with E-state index in [9.17, 15) is 19.8 Å². The number of amides is 1. The van der Waals surface area contributed by atoms with E-state index in [0.717, 1.165) is 0 Å². The molecule has 1 saturated heterocycles. The van der Waals surface area contributed by atoms with E-state index in [1.165, 1.54) is 4.90 Å². The zero-order valence-corrected chi connectivity index (χ0v) is 14.5. The van der Waals surface area contributed by atoms with Crippen LogP contribution < -0.4 is 0 Å². The van der Waals surface area contributed by atoms with Gasteiger partial charge < -0.3 is 24.4 Å². The first kappa shape index (κ1) is 19.7. The van der Waals surface area contributed by atoms with E-state index in [-0.39, 0.29) is 13.2 Å². The van der Waals surface area contributed by atoms with Gasteiger partial charge in [0.15, 0.2) is 6.10 Å². The highest BCUT2D eigenvalue weighted by atomic mass is 16.6. The Kier molecular flexibility index (Phi) is 6.00. The summed E-state index contributed by atoms with van der Waals surface area (Å²) in [4.78, 5) is 25.2. The summed E-state index contributed by atoms with van der Waals surface area (Å²) in [5.74, 6) is -0.950. The van der Waals surface area contributed by atoms with E-state index in [0.29, 0.717) is 0 Å². The Bertz CT molecular complexity index is 444. The summed E-state index contributed by atoms with van der Waals surface area (Å²) in [5, 5.41) is 20.2. The molecular weight excluding hydrogens is 306 g/mol. The van der Waals surface area contributed by atoms with Crippen molar-refractivity contribution >= 4 is 12.1 Å². The highest BCUT2D eigenvalue weighted by Gasteiger charge is 2.50. The fraction of sp³-hybridized carbons (Fsp3) is 0.867. The number of nitrogens with zero attached hydrogens (tertiary/aromatic N) is 1. The van der Waals surface area contributed by atoms with Crippen LogP contribution in [0.2, 0.25) is 0 Å². The minimum absolute atomic E-state index is 0.0378. The number of aliphatic hydroxyl groups is 2. The number of rotatable bonds is 4. The van der Waals surface area contributed by atoms with Crippen molar-refractivity contribution in [3.63, 3.8) is 0 Å². The molecule has 1 rings (SSSR count). The first-order valence-corrected chi connectivity index (χ1v) is 7.59. The minimum Gasteiger partial charge on any atom is -0.464 e. The van der Waals surface area contributed by atoms with Crippen LogP contribution in [0.3, 0.4) is 0 Å². The molecule has 0 unspecified atom stereocenters. The van der Waals surface area contributed by atoms with Gasteiger partial charge in [-0.3, -0.25) is 4.90 Å². The molecule has 0 saturated carbocycles. The van der Waals surface area contributed by atoms with Crippen molar-refractivity contribution in [1.29, 1.82) is 0 Å². The Labute approximate surface area is 136 Å². The van der Waals surface area contributed by atoms with Crippen molar-refractivity contribution < 1.29 is 34.0 Å². The lowest BCUT2D eigenvalue weighted by molar-refractivity contribution is -0.162. The third-order valence-electron chi connectivity index (χ3n) is 3.36. The average molecular weight is 333 g/mol. The van der Waals surface area contributed by atoms with Gasteiger partial charge in [0.1, 0.15) is 17.4 Å². The smallest absolute Gasteiger partial charge is 0.412 e. The van der Waals surface area contributed by atoms with Crippen LogP contribution in [0.4, 0.5) is 4.79 Å². The Balaban J connectivity index is 2.95. The van der Waals surface area contributed by atoms with Crippen LogP contribution in [0.1, 0.15) is 41.5 Å². The number of ether oxygens (including phenoxy) is 3. The molecular formula is C15H27NO7. The van der Waals surface area contributed by atoms with E-state index in [1.807, 2.05) is 0 Å². The fourth-order valence-electron chi connectivity index (χ4n) is 2.33. The second kappa shape index (κ2) is 7.02. The predicted octanol–water partition coefficient (Wildman–Crippen LogP) is 0.643. The quantitative estimate of drug-likeness (QED) is 0.727. The molecule has 1 fully saturated rings. The summed E-state index contributed by atoms with van der Waals surface area (Å²) >= 11 is 0. The van der Waals surface area contributed by atoms with Crippen LogP contribution in [0, 0.1) is 0 Å². The molecule has 1 aliphatic rings. The van der Waals surface area contributed by atoms with Crippen molar-refractivity contribution in [1.82, 2.24) is 4.90 Å². The SMILES string of the molecule is CCOC(=O)[C@H](O)[C@H](O)[C@@H]1COC(C)(C)N1C(=O)OC(C)(C)C. The number of carbonyl (C=O) groups excluding carboxylic acids is 2. The molecule has 0 bridgehead atoms. The second-order valence-electron chi connectivity index (χ2n) is 6.86. The van der Waals surface area contributed by atoms with Crippen molar-refractivity contribution in [2.24, 2.45) is 0 Å². The molecule has 8 nitrogen and oxygen atoms in total. The molecule has 8 heteroatoms. The lowest BCUT2D eigenvalue weighted by Gasteiger charge is -2.37. The molecule has 1 heterocycles. The molecule has 23 heavy (non-hydrogen) atoms. The summed E-state index contributed by atoms with van der Waals surface area (Å²) in [5.41, 5.74) is -1.77. The van der Waals surface area contributed by atoms with E-state index in [1.54, 1.807) is 41.5 Å². The first-order chi connectivity index (χ1) is 10.4. The van der Waals surface area contributed by atoms with Crippen LogP contribution in [0.15, 0.2) is 0 Å². The maximum atomic E-state index is 12.4. The summed E-state index contributed by atoms with van der Waals surface area (Å²) in [6, 6.07) is -0.931. The zero-order chi connectivity index (χ0) is 18.0. The van der Waals surface area contributed by atoms with E-state index < -0.39 is 41.6 Å². The first-order valence-electron chi connectivity index (χ1n) is 7.59. The number of esters is 1. The minimum atomic E-state index is -1.78. The monoisotopic (exact) mass is 333 g/mol. The van der Waals surface area contributed by atoms with Crippen LogP contribution in [-0.2, 0) is 19.0 Å². The number of aliphatic hydroxyl groups excluding tert-OH is 2. The van der Waals surface area contributed by atoms with Crippen molar-refractivity contribution in [2.45, 2.75) is 71.1 Å². The molecule has 0 aromatic carbocycles. The van der Waals surface area contributed by atoms with Gasteiger partial charge in [-0.05, 0) is 41.5 Å². The van der Waals surface area contributed by atoms with Gasteiger partial charge in [0.25, 0.3) is 0 Å². The van der Waals surface area contributed by atoms with E-state index >= 15 is 0 Å². The molecule has 0 aliphatic carbocycles. The topological polar surface area (TPSA) is 106 Å². The average Bonchev–Trinajstić information content (AvgIpc) is 2.71. The molecule has 3 atom stereocenters. The number of carbonyl (C=O) groups is 2. The number of hydrogen-bond acceptors (Lipinski definition) is 7. The van der Waals surface area contributed by atoms with Gasteiger partial charge in [0, 0.05) is 0 Å². The lowest BCUT2D eigenvalue weighted by Crippen LogP contribution is -2.56. The highest BCUT2D eigenvalue weighted by molar-refractivity contribution is 5.75. The lowest BCUT2D eigenvalue weighted by atomic mass is 10.0. The van der Waals surface area contributed by atoms with Gasteiger partial charge in [-0.1, -0.05) is 0 Å². The Morgan fingerprint density at radius 2 is 1.91 bits per heavy atom. The summed E-state index contributed by atoms with van der Waals surface area (Å²) in [6.45, 7) is 10.1. The van der Waals surface area contributed by atoms with Crippen molar-refractivity contribution in [3.8, 4) is 0 Å². The molecule has 1 amide bonds. The normalized spacial score (nSPS) is 23.3. The van der Waals surface area contributed by atoms with Gasteiger partial charge in [0.05, 0.1) is 19.3 Å². The van der Waals surface area contributed by atoms with Gasteiger partial charge >= 0.3 is 12.1 Å². The summed E-state index contributed by atoms with van der Waals surface area (Å²) < 4.78 is 15.5. The Morgan fingerprint density at radius 3 is 2.39 bits per heavy atom. The number of hydrogen-bond donors (Lipinski definition) is 2. The van der Waals surface area contributed by atoms with Gasteiger partial charge in [-0.2, -0.15) is 0 Å². The van der Waals surface area contributed by atoms with E-state index in [2.05, 4.69) is 4.74 Å². The molecule has 1 aliphatic heterocycles. The molecule has 2 N–H and O–H groups in total. The van der Waals surface area contributed by atoms with Crippen molar-refractivity contribution in [3.05, 3.63) is 0 Å². The molecule has 0 radical (unpaired) electrons. The second-order valence-corrected chi connectivity index (χ2v) is 6.86. The van der Waals surface area contributed by atoms with Gasteiger partial charge in [-0.25, -0.2) is 9.59 Å². The molecule has 0 aromatic heterocycles. The maximum Gasteiger partial charge on any atom is 0.412 e. The van der Waals surface area contributed by atoms with Crippen LogP contribution in [-0.4, -0.2) is 70.0 Å². The van der Waals surface area contributed by atoms with Crippen molar-refractivity contribution in [2.75, 3.05) is 13.2 Å².